The lowest BCUT2D eigenvalue weighted by Crippen LogP contribution is -2.10. The molecule has 0 bridgehead atoms. The zero-order valence-corrected chi connectivity index (χ0v) is 12.1. The first-order valence-electron chi connectivity index (χ1n) is 7.00. The largest absolute Gasteiger partial charge is 0.454 e. The fraction of sp³-hybridized carbons (Fsp3) is 0.167. The van der Waals surface area contributed by atoms with Gasteiger partial charge in [-0.3, -0.25) is 0 Å². The van der Waals surface area contributed by atoms with E-state index in [1.165, 1.54) is 0 Å². The van der Waals surface area contributed by atoms with Crippen LogP contribution in [0.15, 0.2) is 54.6 Å². The minimum Gasteiger partial charge on any atom is -0.454 e. The average molecular weight is 279 g/mol. The van der Waals surface area contributed by atoms with Crippen molar-refractivity contribution in [2.45, 2.75) is 20.0 Å². The summed E-state index contributed by atoms with van der Waals surface area (Å²) in [6, 6.07) is 17.5. The van der Waals surface area contributed by atoms with E-state index in [2.05, 4.69) is 4.98 Å². The molecule has 1 heterocycles. The van der Waals surface area contributed by atoms with E-state index in [9.17, 15) is 4.79 Å². The van der Waals surface area contributed by atoms with Crippen LogP contribution >= 0.6 is 0 Å². The molecule has 0 amide bonds. The summed E-state index contributed by atoms with van der Waals surface area (Å²) in [6.45, 7) is 3.78. The number of H-pyrrole nitrogens is 1. The Labute approximate surface area is 123 Å². The van der Waals surface area contributed by atoms with Gasteiger partial charge in [0.15, 0.2) is 0 Å². The van der Waals surface area contributed by atoms with Crippen molar-refractivity contribution in [2.75, 3.05) is 0 Å². The van der Waals surface area contributed by atoms with Crippen molar-refractivity contribution in [1.82, 2.24) is 4.98 Å². The highest BCUT2D eigenvalue weighted by Crippen LogP contribution is 2.25. The van der Waals surface area contributed by atoms with Crippen LogP contribution in [0.2, 0.25) is 0 Å². The van der Waals surface area contributed by atoms with Gasteiger partial charge in [0.2, 0.25) is 0 Å². The fourth-order valence-corrected chi connectivity index (χ4v) is 2.55. The Morgan fingerprint density at radius 2 is 1.71 bits per heavy atom. The number of nitrogens with one attached hydrogen (secondary N) is 1. The number of aromatic nitrogens is 1. The monoisotopic (exact) mass is 279 g/mol. The zero-order valence-electron chi connectivity index (χ0n) is 12.1. The molecule has 0 saturated carbocycles. The number of fused-ring (bicyclic) bond motifs is 1. The molecule has 1 unspecified atom stereocenters. The molecule has 2 aromatic carbocycles. The smallest absolute Gasteiger partial charge is 0.341 e. The summed E-state index contributed by atoms with van der Waals surface area (Å²) in [5.41, 5.74) is 3.40. The van der Waals surface area contributed by atoms with Crippen LogP contribution in [0, 0.1) is 6.92 Å². The highest BCUT2D eigenvalue weighted by atomic mass is 16.5. The van der Waals surface area contributed by atoms with Crippen LogP contribution in [0.4, 0.5) is 0 Å². The first kappa shape index (κ1) is 13.4. The Hall–Kier alpha value is -2.55. The second-order valence-electron chi connectivity index (χ2n) is 5.13. The van der Waals surface area contributed by atoms with Gasteiger partial charge in [0.05, 0.1) is 5.56 Å². The third kappa shape index (κ3) is 2.55. The molecule has 3 nitrogen and oxygen atoms in total. The number of para-hydroxylation sites is 1. The normalized spacial score (nSPS) is 12.3. The second-order valence-corrected chi connectivity index (χ2v) is 5.13. The third-order valence-corrected chi connectivity index (χ3v) is 3.65. The topological polar surface area (TPSA) is 42.1 Å². The molecule has 0 aliphatic rings. The van der Waals surface area contributed by atoms with Gasteiger partial charge in [-0.05, 0) is 25.5 Å². The Balaban J connectivity index is 1.89. The van der Waals surface area contributed by atoms with Crippen molar-refractivity contribution in [3.05, 3.63) is 71.4 Å². The minimum atomic E-state index is -0.290. The van der Waals surface area contributed by atoms with E-state index in [1.807, 2.05) is 68.4 Å². The summed E-state index contributed by atoms with van der Waals surface area (Å²) in [4.78, 5) is 15.7. The molecule has 0 aliphatic carbocycles. The van der Waals surface area contributed by atoms with Crippen molar-refractivity contribution in [1.29, 1.82) is 0 Å². The Morgan fingerprint density at radius 1 is 1.05 bits per heavy atom. The number of carbonyl (C=O) groups excluding carboxylic acids is 1. The van der Waals surface area contributed by atoms with Gasteiger partial charge in [-0.1, -0.05) is 48.5 Å². The number of hydrogen-bond donors (Lipinski definition) is 1. The van der Waals surface area contributed by atoms with Crippen LogP contribution in [0.25, 0.3) is 10.9 Å². The summed E-state index contributed by atoms with van der Waals surface area (Å²) in [5.74, 6) is -0.290. The van der Waals surface area contributed by atoms with E-state index in [0.717, 1.165) is 22.2 Å². The molecular formula is C18H17NO2. The highest BCUT2D eigenvalue weighted by molar-refractivity contribution is 6.05. The standard InChI is InChI=1S/C18H17NO2/c1-12-17(15-10-6-7-11-16(15)19-12)18(20)21-13(2)14-8-4-3-5-9-14/h3-11,13,19H,1-2H3. The van der Waals surface area contributed by atoms with Crippen LogP contribution in [-0.4, -0.2) is 11.0 Å². The number of hydrogen-bond acceptors (Lipinski definition) is 2. The van der Waals surface area contributed by atoms with Gasteiger partial charge in [0.25, 0.3) is 0 Å². The maximum atomic E-state index is 12.5. The van der Waals surface area contributed by atoms with E-state index in [1.54, 1.807) is 0 Å². The molecular weight excluding hydrogens is 262 g/mol. The summed E-state index contributed by atoms with van der Waals surface area (Å²) in [5, 5.41) is 0.903. The Morgan fingerprint density at radius 3 is 2.48 bits per heavy atom. The van der Waals surface area contributed by atoms with Gasteiger partial charge in [-0.15, -0.1) is 0 Å². The molecule has 3 aromatic rings. The SMILES string of the molecule is Cc1[nH]c2ccccc2c1C(=O)OC(C)c1ccccc1. The molecule has 0 spiro atoms. The number of benzene rings is 2. The molecule has 0 radical (unpaired) electrons. The number of esters is 1. The van der Waals surface area contributed by atoms with Crippen molar-refractivity contribution >= 4 is 16.9 Å². The summed E-state index contributed by atoms with van der Waals surface area (Å²) >= 11 is 0. The molecule has 21 heavy (non-hydrogen) atoms. The van der Waals surface area contributed by atoms with Crippen LogP contribution in [-0.2, 0) is 4.74 Å². The lowest BCUT2D eigenvalue weighted by Gasteiger charge is -2.13. The lowest BCUT2D eigenvalue weighted by molar-refractivity contribution is 0.0339. The maximum Gasteiger partial charge on any atom is 0.341 e. The third-order valence-electron chi connectivity index (χ3n) is 3.65. The summed E-state index contributed by atoms with van der Waals surface area (Å²) in [7, 11) is 0. The number of ether oxygens (including phenoxy) is 1. The van der Waals surface area contributed by atoms with Gasteiger partial charge < -0.3 is 9.72 Å². The molecule has 3 rings (SSSR count). The van der Waals surface area contributed by atoms with Gasteiger partial charge in [-0.25, -0.2) is 4.79 Å². The highest BCUT2D eigenvalue weighted by Gasteiger charge is 2.19. The molecule has 0 saturated heterocycles. The lowest BCUT2D eigenvalue weighted by atomic mass is 10.1. The van der Waals surface area contributed by atoms with E-state index >= 15 is 0 Å². The van der Waals surface area contributed by atoms with Crippen LogP contribution in [0.5, 0.6) is 0 Å². The first-order chi connectivity index (χ1) is 10.2. The number of rotatable bonds is 3. The van der Waals surface area contributed by atoms with E-state index < -0.39 is 0 Å². The Kier molecular flexibility index (Phi) is 3.48. The van der Waals surface area contributed by atoms with Crippen LogP contribution in [0.3, 0.4) is 0 Å². The zero-order chi connectivity index (χ0) is 14.8. The van der Waals surface area contributed by atoms with E-state index in [0.29, 0.717) is 5.56 Å². The van der Waals surface area contributed by atoms with Crippen molar-refractivity contribution < 1.29 is 9.53 Å². The van der Waals surface area contributed by atoms with Gasteiger partial charge >= 0.3 is 5.97 Å². The molecule has 1 atom stereocenters. The van der Waals surface area contributed by atoms with Crippen molar-refractivity contribution in [3.8, 4) is 0 Å². The average Bonchev–Trinajstić information content (AvgIpc) is 2.83. The predicted molar refractivity (Wildman–Crippen MR) is 83.3 cm³/mol. The number of aryl methyl sites for hydroxylation is 1. The predicted octanol–water partition coefficient (Wildman–Crippen LogP) is 4.39. The van der Waals surface area contributed by atoms with Crippen LogP contribution in [0.1, 0.15) is 34.6 Å². The van der Waals surface area contributed by atoms with Crippen molar-refractivity contribution in [2.24, 2.45) is 0 Å². The molecule has 1 N–H and O–H groups in total. The molecule has 0 fully saturated rings. The first-order valence-corrected chi connectivity index (χ1v) is 7.00. The molecule has 1 aromatic heterocycles. The van der Waals surface area contributed by atoms with E-state index in [-0.39, 0.29) is 12.1 Å². The van der Waals surface area contributed by atoms with Crippen molar-refractivity contribution in [3.63, 3.8) is 0 Å². The van der Waals surface area contributed by atoms with E-state index in [4.69, 9.17) is 4.74 Å². The van der Waals surface area contributed by atoms with Gasteiger partial charge in [0.1, 0.15) is 6.10 Å². The quantitative estimate of drug-likeness (QED) is 0.722. The summed E-state index contributed by atoms with van der Waals surface area (Å²) < 4.78 is 5.61. The van der Waals surface area contributed by atoms with Gasteiger partial charge in [-0.2, -0.15) is 0 Å². The Bertz CT molecular complexity index is 774. The number of aromatic amines is 1. The molecule has 3 heteroatoms. The number of carbonyl (C=O) groups is 1. The molecule has 0 aliphatic heterocycles. The maximum absolute atomic E-state index is 12.5. The minimum absolute atomic E-state index is 0.272. The van der Waals surface area contributed by atoms with Gasteiger partial charge in [0, 0.05) is 16.6 Å². The fourth-order valence-electron chi connectivity index (χ4n) is 2.55. The van der Waals surface area contributed by atoms with Crippen LogP contribution < -0.4 is 0 Å². The summed E-state index contributed by atoms with van der Waals surface area (Å²) in [6.07, 6.45) is -0.272. The second kappa shape index (κ2) is 5.44. The molecule has 106 valence electrons.